The predicted octanol–water partition coefficient (Wildman–Crippen LogP) is -1.68. The van der Waals surface area contributed by atoms with Gasteiger partial charge in [-0.15, -0.1) is 0 Å². The molecule has 0 spiro atoms. The van der Waals surface area contributed by atoms with E-state index in [0.717, 1.165) is 0 Å². The fourth-order valence-electron chi connectivity index (χ4n) is 2.02. The third-order valence-electron chi connectivity index (χ3n) is 2.91. The zero-order valence-electron chi connectivity index (χ0n) is 10.2. The van der Waals surface area contributed by atoms with E-state index in [1.807, 2.05) is 3.28 Å². The van der Waals surface area contributed by atoms with Crippen molar-refractivity contribution in [1.29, 1.82) is 0 Å². The number of rotatable bonds is 5. The molecule has 0 nitrogen and oxygen atoms in total. The summed E-state index contributed by atoms with van der Waals surface area (Å²) in [6.45, 7) is 2.28. The summed E-state index contributed by atoms with van der Waals surface area (Å²) < 4.78 is 3.59. The van der Waals surface area contributed by atoms with Gasteiger partial charge in [-0.25, -0.2) is 0 Å². The van der Waals surface area contributed by atoms with Gasteiger partial charge >= 0.3 is 105 Å². The first-order chi connectivity index (χ1) is 7.40. The van der Waals surface area contributed by atoms with E-state index < -0.39 is 0 Å². The molecule has 2 rings (SSSR count). The van der Waals surface area contributed by atoms with Gasteiger partial charge in [-0.05, 0) is 0 Å². The molecule has 0 amide bonds. The normalized spacial score (nSPS) is 16.4. The Labute approximate surface area is 114 Å². The predicted molar refractivity (Wildman–Crippen MR) is 62.1 cm³/mol. The van der Waals surface area contributed by atoms with Gasteiger partial charge in [-0.3, -0.25) is 0 Å². The number of hydrogen-bond donors (Lipinski definition) is 0. The van der Waals surface area contributed by atoms with Gasteiger partial charge in [0.1, 0.15) is 0 Å². The van der Waals surface area contributed by atoms with E-state index >= 15 is 0 Å². The van der Waals surface area contributed by atoms with Crippen LogP contribution in [-0.4, -0.2) is 0 Å². The quantitative estimate of drug-likeness (QED) is 0.569. The maximum atomic E-state index is 2.38. The summed E-state index contributed by atoms with van der Waals surface area (Å²) in [4.78, 5) is 0. The summed E-state index contributed by atoms with van der Waals surface area (Å²) in [7, 11) is 0. The van der Waals surface area contributed by atoms with Crippen LogP contribution in [0.2, 0.25) is 0 Å². The van der Waals surface area contributed by atoms with Crippen LogP contribution in [0.25, 0.3) is 0 Å². The molecule has 0 bridgehead atoms. The van der Waals surface area contributed by atoms with Gasteiger partial charge < -0.3 is 9.41 Å². The number of unbranched alkanes of at least 4 members (excludes halogenated alkanes) is 1. The van der Waals surface area contributed by atoms with E-state index in [2.05, 4.69) is 37.3 Å². The van der Waals surface area contributed by atoms with Crippen LogP contribution in [0.1, 0.15) is 39.0 Å². The summed E-state index contributed by atoms with van der Waals surface area (Å²) in [6.07, 6.45) is 18.1. The Kier molecular flexibility index (Phi) is 8.59. The second kappa shape index (κ2) is 8.74. The molecule has 0 aromatic rings. The standard InChI is InChI=1S/C9H13.C5H5.2FH.Zr/c1-2-3-6-9-7-4-5-8-9;1-2-4-5-3-1;;;/h4,7H,2-3,5-6H2,1H3;1-3H,4H2;2*1H;/q;;;;+2/p-2. The van der Waals surface area contributed by atoms with Gasteiger partial charge in [0.15, 0.2) is 0 Å². The second-order valence-corrected chi connectivity index (χ2v) is 7.84. The molecule has 17 heavy (non-hydrogen) atoms. The molecule has 0 radical (unpaired) electrons. The van der Waals surface area contributed by atoms with Crippen LogP contribution in [0.4, 0.5) is 0 Å². The molecule has 0 saturated heterocycles. The monoisotopic (exact) mass is 314 g/mol. The van der Waals surface area contributed by atoms with E-state index in [4.69, 9.17) is 0 Å². The Bertz CT molecular complexity index is 351. The summed E-state index contributed by atoms with van der Waals surface area (Å²) >= 11 is -0.387. The van der Waals surface area contributed by atoms with E-state index in [9.17, 15) is 0 Å². The van der Waals surface area contributed by atoms with Gasteiger partial charge in [0.05, 0.1) is 0 Å². The molecule has 0 N–H and O–H groups in total. The van der Waals surface area contributed by atoms with E-state index in [0.29, 0.717) is 0 Å². The molecule has 0 saturated carbocycles. The third-order valence-corrected chi connectivity index (χ3v) is 6.64. The molecular formula is C14H18F2Zr. The third kappa shape index (κ3) is 4.83. The van der Waals surface area contributed by atoms with E-state index in [1.54, 1.807) is 8.85 Å². The van der Waals surface area contributed by atoms with Crippen molar-refractivity contribution >= 4 is 0 Å². The summed E-state index contributed by atoms with van der Waals surface area (Å²) in [5.74, 6) is 0. The van der Waals surface area contributed by atoms with Gasteiger partial charge in [0.25, 0.3) is 0 Å². The molecule has 0 heterocycles. The first-order valence-corrected chi connectivity index (χ1v) is 8.37. The van der Waals surface area contributed by atoms with Crippen LogP contribution in [0.15, 0.2) is 42.5 Å². The van der Waals surface area contributed by atoms with Crippen LogP contribution in [-0.2, 0) is 23.2 Å². The smallest absolute Gasteiger partial charge is 1.00 e. The number of halogens is 2. The van der Waals surface area contributed by atoms with Crippen molar-refractivity contribution in [2.75, 3.05) is 0 Å². The Balaban J connectivity index is 0.00000128. The van der Waals surface area contributed by atoms with Crippen LogP contribution >= 0.6 is 0 Å². The second-order valence-electron chi connectivity index (χ2n) is 4.16. The molecule has 0 aromatic carbocycles. The fraction of sp³-hybridized carbons (Fsp3) is 0.429. The summed E-state index contributed by atoms with van der Waals surface area (Å²) in [5.41, 5.74) is 1.69. The minimum absolute atomic E-state index is 0. The average molecular weight is 316 g/mol. The van der Waals surface area contributed by atoms with Crippen LogP contribution < -0.4 is 9.41 Å². The molecule has 92 valence electrons. The molecule has 0 atom stereocenters. The molecule has 2 aliphatic carbocycles. The van der Waals surface area contributed by atoms with Gasteiger partial charge in [-0.2, -0.15) is 0 Å². The molecule has 0 fully saturated rings. The Morgan fingerprint density at radius 2 is 2.00 bits per heavy atom. The van der Waals surface area contributed by atoms with Crippen molar-refractivity contribution < 1.29 is 32.6 Å². The first kappa shape index (κ1) is 16.7. The van der Waals surface area contributed by atoms with Crippen molar-refractivity contribution in [3.05, 3.63) is 42.5 Å². The minimum Gasteiger partial charge on any atom is -1.00 e. The van der Waals surface area contributed by atoms with Crippen molar-refractivity contribution in [2.24, 2.45) is 0 Å². The van der Waals surface area contributed by atoms with Crippen molar-refractivity contribution in [3.8, 4) is 0 Å². The minimum atomic E-state index is -0.387. The SMILES string of the molecule is CCCCC1=[C]([Zr+2][C]2=CC=CC2)CC=C1.[F-].[F-]. The largest absolute Gasteiger partial charge is 1.00 e. The van der Waals surface area contributed by atoms with Gasteiger partial charge in [0.2, 0.25) is 0 Å². The van der Waals surface area contributed by atoms with Crippen molar-refractivity contribution in [1.82, 2.24) is 0 Å². The number of allylic oxidation sites excluding steroid dienone is 8. The molecule has 3 heteroatoms. The van der Waals surface area contributed by atoms with Crippen LogP contribution in [0.5, 0.6) is 0 Å². The Morgan fingerprint density at radius 3 is 2.65 bits per heavy atom. The molecule has 0 aromatic heterocycles. The Morgan fingerprint density at radius 1 is 1.18 bits per heavy atom. The van der Waals surface area contributed by atoms with Crippen molar-refractivity contribution in [3.63, 3.8) is 0 Å². The zero-order valence-corrected chi connectivity index (χ0v) is 12.6. The van der Waals surface area contributed by atoms with Gasteiger partial charge in [0, 0.05) is 0 Å². The van der Waals surface area contributed by atoms with Gasteiger partial charge in [-0.1, -0.05) is 0 Å². The molecule has 0 unspecified atom stereocenters. The maximum Gasteiger partial charge on any atom is -1.00 e. The van der Waals surface area contributed by atoms with Crippen LogP contribution in [0, 0.1) is 0 Å². The van der Waals surface area contributed by atoms with Crippen LogP contribution in [0.3, 0.4) is 0 Å². The molecular weight excluding hydrogens is 297 g/mol. The zero-order chi connectivity index (χ0) is 10.5. The van der Waals surface area contributed by atoms with E-state index in [-0.39, 0.29) is 32.6 Å². The molecule has 2 aliphatic rings. The number of hydrogen-bond acceptors (Lipinski definition) is 0. The van der Waals surface area contributed by atoms with E-state index in [1.165, 1.54) is 32.1 Å². The average Bonchev–Trinajstić information content (AvgIpc) is 2.87. The molecule has 0 aliphatic heterocycles. The first-order valence-electron chi connectivity index (χ1n) is 5.91. The Hall–Kier alpha value is -0.297. The fourth-order valence-corrected chi connectivity index (χ4v) is 5.40. The topological polar surface area (TPSA) is 0 Å². The summed E-state index contributed by atoms with van der Waals surface area (Å²) in [6, 6.07) is 0. The summed E-state index contributed by atoms with van der Waals surface area (Å²) in [5, 5.41) is 0. The van der Waals surface area contributed by atoms with Crippen molar-refractivity contribution in [2.45, 2.75) is 39.0 Å². The maximum absolute atomic E-state index is 2.38.